The van der Waals surface area contributed by atoms with Crippen LogP contribution in [0.4, 0.5) is 17.1 Å². The van der Waals surface area contributed by atoms with Crippen molar-refractivity contribution in [1.82, 2.24) is 0 Å². The van der Waals surface area contributed by atoms with Crippen LogP contribution in [-0.4, -0.2) is 14.2 Å². The highest BCUT2D eigenvalue weighted by Crippen LogP contribution is 2.50. The van der Waals surface area contributed by atoms with Crippen LogP contribution in [-0.2, 0) is 0 Å². The molecular weight excluding hydrogens is 494 g/mol. The van der Waals surface area contributed by atoms with Crippen LogP contribution >= 0.6 is 0 Å². The Bertz CT molecular complexity index is 1500. The van der Waals surface area contributed by atoms with Gasteiger partial charge in [0.15, 0.2) is 0 Å². The topological polar surface area (TPSA) is 49.9 Å². The Labute approximate surface area is 237 Å². The summed E-state index contributed by atoms with van der Waals surface area (Å²) in [7, 11) is 3.34. The van der Waals surface area contributed by atoms with Crippen molar-refractivity contribution in [3.8, 4) is 17.6 Å². The van der Waals surface area contributed by atoms with Gasteiger partial charge in [-0.3, -0.25) is 0 Å². The Kier molecular flexibility index (Phi) is 7.50. The van der Waals surface area contributed by atoms with Crippen LogP contribution in [0, 0.1) is 29.2 Å². The second kappa shape index (κ2) is 11.2. The summed E-state index contributed by atoms with van der Waals surface area (Å²) < 4.78 is 10.8. The minimum atomic E-state index is 0.00925. The number of methoxy groups -OCH3 is 2. The summed E-state index contributed by atoms with van der Waals surface area (Å²) >= 11 is 0. The van der Waals surface area contributed by atoms with E-state index in [1.54, 1.807) is 14.2 Å². The Balaban J connectivity index is 1.50. The maximum atomic E-state index is 9.48. The molecule has 2 aliphatic rings. The van der Waals surface area contributed by atoms with Gasteiger partial charge in [-0.05, 0) is 114 Å². The van der Waals surface area contributed by atoms with Gasteiger partial charge < -0.3 is 14.4 Å². The van der Waals surface area contributed by atoms with Crippen LogP contribution in [0.3, 0.4) is 0 Å². The Morgan fingerprint density at radius 1 is 0.875 bits per heavy atom. The van der Waals surface area contributed by atoms with Gasteiger partial charge >= 0.3 is 0 Å². The lowest BCUT2D eigenvalue weighted by molar-refractivity contribution is 0.227. The number of ether oxygens (including phenoxy) is 2. The van der Waals surface area contributed by atoms with Crippen molar-refractivity contribution >= 4 is 22.6 Å². The highest BCUT2D eigenvalue weighted by Gasteiger charge is 2.38. The summed E-state index contributed by atoms with van der Waals surface area (Å²) in [6.45, 7) is 11.9. The van der Waals surface area contributed by atoms with E-state index < -0.39 is 0 Å². The molecule has 0 aliphatic heterocycles. The molecule has 1 unspecified atom stereocenters. The van der Waals surface area contributed by atoms with Crippen molar-refractivity contribution < 1.29 is 9.47 Å². The van der Waals surface area contributed by atoms with Gasteiger partial charge in [0.05, 0.1) is 26.9 Å². The quantitative estimate of drug-likeness (QED) is 0.237. The highest BCUT2D eigenvalue weighted by molar-refractivity contribution is 5.79. The van der Waals surface area contributed by atoms with E-state index in [1.165, 1.54) is 16.7 Å². The third-order valence-corrected chi connectivity index (χ3v) is 8.06. The lowest BCUT2D eigenvalue weighted by Gasteiger charge is -2.42. The van der Waals surface area contributed by atoms with E-state index in [-0.39, 0.29) is 11.1 Å². The molecule has 0 spiro atoms. The molecule has 0 radical (unpaired) electrons. The van der Waals surface area contributed by atoms with Crippen LogP contribution in [0.1, 0.15) is 38.7 Å². The predicted molar refractivity (Wildman–Crippen MR) is 161 cm³/mol. The van der Waals surface area contributed by atoms with Crippen molar-refractivity contribution in [2.75, 3.05) is 19.1 Å². The van der Waals surface area contributed by atoms with E-state index in [1.807, 2.05) is 24.3 Å². The zero-order chi connectivity index (χ0) is 28.3. The van der Waals surface area contributed by atoms with Crippen molar-refractivity contribution in [3.05, 3.63) is 119 Å². The van der Waals surface area contributed by atoms with Gasteiger partial charge in [0.1, 0.15) is 11.5 Å². The van der Waals surface area contributed by atoms with Gasteiger partial charge in [0.25, 0.3) is 5.70 Å². The molecule has 3 aromatic rings. The molecular formula is C35H33N3O2. The van der Waals surface area contributed by atoms with Crippen LogP contribution < -0.4 is 14.4 Å². The van der Waals surface area contributed by atoms with Crippen LogP contribution in [0.5, 0.6) is 11.5 Å². The number of rotatable bonds is 6. The fourth-order valence-corrected chi connectivity index (χ4v) is 5.97. The number of hydrogen-bond acceptors (Lipinski definition) is 4. The maximum absolute atomic E-state index is 9.48. The maximum Gasteiger partial charge on any atom is 0.265 e. The van der Waals surface area contributed by atoms with E-state index in [0.717, 1.165) is 53.4 Å². The van der Waals surface area contributed by atoms with Crippen molar-refractivity contribution in [1.29, 1.82) is 5.26 Å². The number of allylic oxidation sites excluding steroid dienone is 6. The number of benzene rings is 3. The largest absolute Gasteiger partial charge is 0.497 e. The smallest absolute Gasteiger partial charge is 0.265 e. The third kappa shape index (κ3) is 5.24. The molecule has 40 heavy (non-hydrogen) atoms. The molecule has 0 fully saturated rings. The van der Waals surface area contributed by atoms with Gasteiger partial charge in [-0.25, -0.2) is 10.1 Å². The van der Waals surface area contributed by atoms with Gasteiger partial charge in [0.2, 0.25) is 0 Å². The number of nitrogens with zero attached hydrogens (tertiary/aromatic N) is 3. The van der Waals surface area contributed by atoms with E-state index in [9.17, 15) is 5.26 Å². The van der Waals surface area contributed by atoms with E-state index >= 15 is 0 Å². The second-order valence-corrected chi connectivity index (χ2v) is 10.9. The zero-order valence-corrected chi connectivity index (χ0v) is 23.4. The first-order chi connectivity index (χ1) is 19.4. The number of nitriles is 1. The zero-order valence-electron chi connectivity index (χ0n) is 23.4. The second-order valence-electron chi connectivity index (χ2n) is 10.9. The molecule has 1 atom stereocenters. The molecule has 0 aromatic heterocycles. The Morgan fingerprint density at radius 2 is 1.40 bits per heavy atom. The normalized spacial score (nSPS) is 18.7. The standard InChI is InChI=1S/C35H33N3O2/c1-35(2)22-27(34(23-36)37-3)21-26-20-25(8-19-33(26)35)24-6-9-28(10-7-24)38(29-11-15-31(39-4)16-12-29)30-13-17-32(40-5)18-14-30/h6-7,9-18,20-21,33H,8,19,22H2,1-2,4-5H3. The van der Waals surface area contributed by atoms with Gasteiger partial charge in [-0.2, -0.15) is 0 Å². The number of anilines is 3. The average Bonchev–Trinajstić information content (AvgIpc) is 2.98. The fourth-order valence-electron chi connectivity index (χ4n) is 5.97. The molecule has 0 saturated heterocycles. The monoisotopic (exact) mass is 527 g/mol. The average molecular weight is 528 g/mol. The molecule has 0 bridgehead atoms. The first-order valence-corrected chi connectivity index (χ1v) is 13.5. The van der Waals surface area contributed by atoms with Gasteiger partial charge in [0, 0.05) is 17.1 Å². The number of fused-ring (bicyclic) bond motifs is 1. The Morgan fingerprint density at radius 3 is 1.88 bits per heavy atom. The first kappa shape index (κ1) is 26.9. The van der Waals surface area contributed by atoms with Crippen LogP contribution in [0.25, 0.3) is 10.4 Å². The first-order valence-electron chi connectivity index (χ1n) is 13.5. The van der Waals surface area contributed by atoms with Crippen molar-refractivity contribution in [3.63, 3.8) is 0 Å². The number of hydrogen-bond donors (Lipinski definition) is 0. The van der Waals surface area contributed by atoms with Crippen LogP contribution in [0.2, 0.25) is 0 Å². The summed E-state index contributed by atoms with van der Waals surface area (Å²) in [4.78, 5) is 5.70. The minimum absolute atomic E-state index is 0.00925. The molecule has 0 amide bonds. The van der Waals surface area contributed by atoms with E-state index in [0.29, 0.717) is 5.92 Å². The molecule has 3 aromatic carbocycles. The summed E-state index contributed by atoms with van der Waals surface area (Å²) in [5.74, 6) is 2.05. The molecule has 0 saturated carbocycles. The summed E-state index contributed by atoms with van der Waals surface area (Å²) in [5, 5.41) is 9.48. The molecule has 200 valence electrons. The molecule has 2 aliphatic carbocycles. The summed E-state index contributed by atoms with van der Waals surface area (Å²) in [6, 6.07) is 26.9. The van der Waals surface area contributed by atoms with Gasteiger partial charge in [-0.15, -0.1) is 0 Å². The molecule has 5 nitrogen and oxygen atoms in total. The Hall–Kier alpha value is -4.74. The molecule has 5 rings (SSSR count). The van der Waals surface area contributed by atoms with E-state index in [4.69, 9.17) is 16.0 Å². The highest BCUT2D eigenvalue weighted by atomic mass is 16.5. The van der Waals surface area contributed by atoms with Crippen molar-refractivity contribution in [2.45, 2.75) is 33.1 Å². The molecule has 0 heterocycles. The summed E-state index contributed by atoms with van der Waals surface area (Å²) in [5.41, 5.74) is 7.88. The molecule has 0 N–H and O–H groups in total. The fraction of sp³-hybridized carbons (Fsp3) is 0.257. The lowest BCUT2D eigenvalue weighted by atomic mass is 9.62. The van der Waals surface area contributed by atoms with Crippen LogP contribution in [0.15, 0.2) is 102 Å². The van der Waals surface area contributed by atoms with E-state index in [2.05, 4.69) is 90.3 Å². The minimum Gasteiger partial charge on any atom is -0.497 e. The van der Waals surface area contributed by atoms with Gasteiger partial charge in [-0.1, -0.05) is 38.1 Å². The summed E-state index contributed by atoms with van der Waals surface area (Å²) in [6.07, 6.45) is 7.20. The predicted octanol–water partition coefficient (Wildman–Crippen LogP) is 9.02. The third-order valence-electron chi connectivity index (χ3n) is 8.06. The van der Waals surface area contributed by atoms with Crippen molar-refractivity contribution in [2.24, 2.45) is 11.3 Å². The SMILES string of the molecule is [C-]#[N+]C(C#N)=C1C=C2C=C(c3ccc(N(c4ccc(OC)cc4)c4ccc(OC)cc4)cc3)CCC2C(C)(C)C1. The lowest BCUT2D eigenvalue weighted by Crippen LogP contribution is -2.31. The molecule has 5 heteroatoms.